The van der Waals surface area contributed by atoms with Crippen molar-refractivity contribution < 1.29 is 14.7 Å². The molecule has 1 rings (SSSR count). The SMILES string of the molecule is CC=CC=CC(=O)NC(C)c1nc(C(=O)O)cs1. The van der Waals surface area contributed by atoms with Crippen LogP contribution in [0.5, 0.6) is 0 Å². The number of carbonyl (C=O) groups is 2. The number of nitrogens with one attached hydrogen (secondary N) is 1. The molecule has 0 aliphatic heterocycles. The fraction of sp³-hybridized carbons (Fsp3) is 0.250. The zero-order valence-corrected chi connectivity index (χ0v) is 10.9. The van der Waals surface area contributed by atoms with Crippen molar-refractivity contribution in [3.05, 3.63) is 40.4 Å². The van der Waals surface area contributed by atoms with E-state index >= 15 is 0 Å². The number of rotatable bonds is 5. The molecular formula is C12H14N2O3S. The second-order valence-electron chi connectivity index (χ2n) is 3.49. The van der Waals surface area contributed by atoms with E-state index in [0.717, 1.165) is 0 Å². The second kappa shape index (κ2) is 6.70. The molecule has 0 aliphatic carbocycles. The first-order valence-electron chi connectivity index (χ1n) is 5.33. The van der Waals surface area contributed by atoms with Gasteiger partial charge in [-0.05, 0) is 13.8 Å². The number of allylic oxidation sites excluding steroid dienone is 3. The molecular weight excluding hydrogens is 252 g/mol. The van der Waals surface area contributed by atoms with E-state index in [-0.39, 0.29) is 17.6 Å². The normalized spacial score (nSPS) is 13.0. The third-order valence-electron chi connectivity index (χ3n) is 2.02. The molecule has 0 aromatic carbocycles. The number of hydrogen-bond donors (Lipinski definition) is 2. The van der Waals surface area contributed by atoms with Crippen LogP contribution >= 0.6 is 11.3 Å². The van der Waals surface area contributed by atoms with Crippen LogP contribution < -0.4 is 5.32 Å². The minimum Gasteiger partial charge on any atom is -0.476 e. The van der Waals surface area contributed by atoms with Gasteiger partial charge in [0.1, 0.15) is 5.01 Å². The second-order valence-corrected chi connectivity index (χ2v) is 4.38. The topological polar surface area (TPSA) is 79.3 Å². The number of nitrogens with zero attached hydrogens (tertiary/aromatic N) is 1. The molecule has 0 bridgehead atoms. The van der Waals surface area contributed by atoms with Gasteiger partial charge in [0.25, 0.3) is 0 Å². The average Bonchev–Trinajstić information content (AvgIpc) is 2.78. The summed E-state index contributed by atoms with van der Waals surface area (Å²) in [4.78, 5) is 26.1. The number of aromatic carboxylic acids is 1. The fourth-order valence-corrected chi connectivity index (χ4v) is 1.96. The van der Waals surface area contributed by atoms with Gasteiger partial charge in [-0.2, -0.15) is 0 Å². The quantitative estimate of drug-likeness (QED) is 0.632. The van der Waals surface area contributed by atoms with E-state index in [1.54, 1.807) is 19.1 Å². The van der Waals surface area contributed by atoms with Crippen LogP contribution in [0.25, 0.3) is 0 Å². The molecule has 1 aromatic heterocycles. The summed E-state index contributed by atoms with van der Waals surface area (Å²) < 4.78 is 0. The zero-order valence-electron chi connectivity index (χ0n) is 10.1. The molecule has 1 unspecified atom stereocenters. The van der Waals surface area contributed by atoms with Crippen LogP contribution in [0, 0.1) is 0 Å². The third kappa shape index (κ3) is 4.14. The molecule has 1 aromatic rings. The largest absolute Gasteiger partial charge is 0.476 e. The van der Waals surface area contributed by atoms with Crippen molar-refractivity contribution in [1.82, 2.24) is 10.3 Å². The van der Waals surface area contributed by atoms with Crippen LogP contribution in [-0.2, 0) is 4.79 Å². The monoisotopic (exact) mass is 266 g/mol. The number of aromatic nitrogens is 1. The summed E-state index contributed by atoms with van der Waals surface area (Å²) in [6, 6.07) is -0.314. The Balaban J connectivity index is 2.61. The van der Waals surface area contributed by atoms with E-state index in [1.807, 2.05) is 13.0 Å². The summed E-state index contributed by atoms with van der Waals surface area (Å²) in [5.74, 6) is -1.31. The van der Waals surface area contributed by atoms with Crippen molar-refractivity contribution >= 4 is 23.2 Å². The maximum Gasteiger partial charge on any atom is 0.355 e. The fourth-order valence-electron chi connectivity index (χ4n) is 1.16. The first kappa shape index (κ1) is 14.1. The lowest BCUT2D eigenvalue weighted by atomic mass is 10.3. The smallest absolute Gasteiger partial charge is 0.355 e. The lowest BCUT2D eigenvalue weighted by Crippen LogP contribution is -2.24. The number of thiazole rings is 1. The number of amides is 1. The van der Waals surface area contributed by atoms with Gasteiger partial charge in [0.05, 0.1) is 6.04 Å². The van der Waals surface area contributed by atoms with E-state index in [0.29, 0.717) is 5.01 Å². The van der Waals surface area contributed by atoms with Crippen molar-refractivity contribution in [3.63, 3.8) is 0 Å². The highest BCUT2D eigenvalue weighted by Crippen LogP contribution is 2.17. The number of carboxylic acids is 1. The molecule has 0 saturated heterocycles. The molecule has 18 heavy (non-hydrogen) atoms. The van der Waals surface area contributed by atoms with Gasteiger partial charge in [-0.1, -0.05) is 18.2 Å². The van der Waals surface area contributed by atoms with Crippen molar-refractivity contribution in [3.8, 4) is 0 Å². The van der Waals surface area contributed by atoms with Crippen LogP contribution in [0.2, 0.25) is 0 Å². The first-order valence-corrected chi connectivity index (χ1v) is 6.21. The van der Waals surface area contributed by atoms with E-state index in [4.69, 9.17) is 5.11 Å². The third-order valence-corrected chi connectivity index (χ3v) is 3.05. The van der Waals surface area contributed by atoms with Crippen molar-refractivity contribution in [2.45, 2.75) is 19.9 Å². The summed E-state index contributed by atoms with van der Waals surface area (Å²) in [7, 11) is 0. The van der Waals surface area contributed by atoms with Crippen molar-refractivity contribution in [2.75, 3.05) is 0 Å². The Bertz CT molecular complexity index is 491. The minimum absolute atomic E-state index is 0.000516. The lowest BCUT2D eigenvalue weighted by Gasteiger charge is -2.08. The van der Waals surface area contributed by atoms with Crippen LogP contribution in [0.4, 0.5) is 0 Å². The summed E-state index contributed by atoms with van der Waals surface area (Å²) >= 11 is 1.21. The van der Waals surface area contributed by atoms with E-state index in [2.05, 4.69) is 10.3 Å². The molecule has 0 saturated carbocycles. The van der Waals surface area contributed by atoms with Gasteiger partial charge >= 0.3 is 5.97 Å². The Hall–Kier alpha value is -1.95. The molecule has 0 spiro atoms. The summed E-state index contributed by atoms with van der Waals surface area (Å²) in [6.07, 6.45) is 6.60. The van der Waals surface area contributed by atoms with Gasteiger partial charge in [-0.3, -0.25) is 4.79 Å². The Kier molecular flexibility index (Phi) is 5.26. The molecule has 96 valence electrons. The maximum absolute atomic E-state index is 11.5. The highest BCUT2D eigenvalue weighted by Gasteiger charge is 2.14. The van der Waals surface area contributed by atoms with Crippen LogP contribution in [-0.4, -0.2) is 22.0 Å². The Morgan fingerprint density at radius 2 is 2.22 bits per heavy atom. The van der Waals surface area contributed by atoms with Gasteiger partial charge in [-0.15, -0.1) is 11.3 Å². The molecule has 2 N–H and O–H groups in total. The van der Waals surface area contributed by atoms with Crippen LogP contribution in [0.1, 0.15) is 35.4 Å². The minimum atomic E-state index is -1.07. The average molecular weight is 266 g/mol. The molecule has 1 heterocycles. The predicted molar refractivity (Wildman–Crippen MR) is 69.6 cm³/mol. The van der Waals surface area contributed by atoms with Crippen molar-refractivity contribution in [1.29, 1.82) is 0 Å². The lowest BCUT2D eigenvalue weighted by molar-refractivity contribution is -0.117. The molecule has 1 atom stereocenters. The molecule has 5 nitrogen and oxygen atoms in total. The van der Waals surface area contributed by atoms with Crippen LogP contribution in [0.3, 0.4) is 0 Å². The Labute approximate surface area is 109 Å². The number of carboxylic acid groups (broad SMARTS) is 1. The van der Waals surface area contributed by atoms with E-state index in [1.165, 1.54) is 22.8 Å². The number of hydrogen-bond acceptors (Lipinski definition) is 4. The molecule has 0 radical (unpaired) electrons. The maximum atomic E-state index is 11.5. The van der Waals surface area contributed by atoms with E-state index < -0.39 is 5.97 Å². The molecule has 6 heteroatoms. The standard InChI is InChI=1S/C12H14N2O3S/c1-3-4-5-6-10(15)13-8(2)11-14-9(7-18-11)12(16)17/h3-8H,1-2H3,(H,13,15)(H,16,17). The molecule has 0 aliphatic rings. The summed E-state index contributed by atoms with van der Waals surface area (Å²) in [5.41, 5.74) is 0.000516. The Morgan fingerprint density at radius 1 is 1.50 bits per heavy atom. The van der Waals surface area contributed by atoms with Gasteiger partial charge < -0.3 is 10.4 Å². The van der Waals surface area contributed by atoms with E-state index in [9.17, 15) is 9.59 Å². The summed E-state index contributed by atoms with van der Waals surface area (Å²) in [5, 5.41) is 13.5. The van der Waals surface area contributed by atoms with Gasteiger partial charge in [0, 0.05) is 11.5 Å². The van der Waals surface area contributed by atoms with Crippen molar-refractivity contribution in [2.24, 2.45) is 0 Å². The summed E-state index contributed by atoms with van der Waals surface area (Å²) in [6.45, 7) is 3.61. The highest BCUT2D eigenvalue weighted by atomic mass is 32.1. The molecule has 1 amide bonds. The van der Waals surface area contributed by atoms with Gasteiger partial charge in [0.2, 0.25) is 5.91 Å². The van der Waals surface area contributed by atoms with Crippen LogP contribution in [0.15, 0.2) is 29.7 Å². The van der Waals surface area contributed by atoms with Gasteiger partial charge in [-0.25, -0.2) is 9.78 Å². The predicted octanol–water partition coefficient (Wildman–Crippen LogP) is 2.15. The highest BCUT2D eigenvalue weighted by molar-refractivity contribution is 7.09. The first-order chi connectivity index (χ1) is 8.54. The Morgan fingerprint density at radius 3 is 2.78 bits per heavy atom. The number of carbonyl (C=O) groups excluding carboxylic acids is 1. The zero-order chi connectivity index (χ0) is 13.5. The van der Waals surface area contributed by atoms with Gasteiger partial charge in [0.15, 0.2) is 5.69 Å². The molecule has 0 fully saturated rings.